The summed E-state index contributed by atoms with van der Waals surface area (Å²) in [6.45, 7) is 0. The molecule has 0 radical (unpaired) electrons. The minimum atomic E-state index is -0.471. The smallest absolute Gasteiger partial charge is 0.271 e. The molecule has 2 amide bonds. The summed E-state index contributed by atoms with van der Waals surface area (Å²) in [7, 11) is 0. The number of carbonyl (C=O) groups excluding carboxylic acids is 2. The summed E-state index contributed by atoms with van der Waals surface area (Å²) < 4.78 is 0. The van der Waals surface area contributed by atoms with Crippen molar-refractivity contribution in [2.75, 3.05) is 0 Å². The van der Waals surface area contributed by atoms with Crippen LogP contribution in [-0.4, -0.2) is 11.8 Å². The summed E-state index contributed by atoms with van der Waals surface area (Å²) in [5, 5.41) is 0.706. The van der Waals surface area contributed by atoms with Gasteiger partial charge in [-0.3, -0.25) is 20.4 Å². The van der Waals surface area contributed by atoms with Crippen molar-refractivity contribution in [1.29, 1.82) is 0 Å². The van der Waals surface area contributed by atoms with E-state index in [1.54, 1.807) is 12.1 Å². The van der Waals surface area contributed by atoms with Crippen molar-refractivity contribution in [3.63, 3.8) is 0 Å². The highest BCUT2D eigenvalue weighted by Gasteiger charge is 2.21. The molecule has 0 spiro atoms. The zero-order valence-corrected chi connectivity index (χ0v) is 12.4. The molecule has 108 valence electrons. The molecule has 0 bridgehead atoms. The second-order valence-electron chi connectivity index (χ2n) is 4.90. The lowest BCUT2D eigenvalue weighted by molar-refractivity contribution is -0.126. The minimum Gasteiger partial charge on any atom is -0.273 e. The molecule has 0 saturated heterocycles. The molecule has 20 heavy (non-hydrogen) atoms. The molecule has 0 aliphatic heterocycles. The highest BCUT2D eigenvalue weighted by molar-refractivity contribution is 6.35. The van der Waals surface area contributed by atoms with Crippen molar-refractivity contribution in [2.24, 2.45) is 5.92 Å². The first kappa shape index (κ1) is 15.1. The molecule has 2 N–H and O–H groups in total. The lowest BCUT2D eigenvalue weighted by atomic mass is 9.89. The fourth-order valence-electron chi connectivity index (χ4n) is 2.32. The van der Waals surface area contributed by atoms with E-state index >= 15 is 0 Å². The molecular weight excluding hydrogens is 299 g/mol. The number of halogens is 2. The number of hydrogen-bond acceptors (Lipinski definition) is 2. The monoisotopic (exact) mass is 314 g/mol. The number of hydrazine groups is 1. The topological polar surface area (TPSA) is 58.2 Å². The fraction of sp³-hybridized carbons (Fsp3) is 0.429. The van der Waals surface area contributed by atoms with Gasteiger partial charge in [0.05, 0.1) is 10.6 Å². The number of rotatable bonds is 2. The van der Waals surface area contributed by atoms with E-state index in [4.69, 9.17) is 23.2 Å². The van der Waals surface area contributed by atoms with Crippen LogP contribution < -0.4 is 10.9 Å². The van der Waals surface area contributed by atoms with Crippen molar-refractivity contribution in [2.45, 2.75) is 32.1 Å². The van der Waals surface area contributed by atoms with Gasteiger partial charge < -0.3 is 0 Å². The van der Waals surface area contributed by atoms with Gasteiger partial charge in [0.25, 0.3) is 5.91 Å². The Morgan fingerprint density at radius 3 is 2.45 bits per heavy atom. The molecule has 4 nitrogen and oxygen atoms in total. The van der Waals surface area contributed by atoms with Crippen LogP contribution in [0.25, 0.3) is 0 Å². The molecule has 6 heteroatoms. The van der Waals surface area contributed by atoms with Crippen LogP contribution in [0.15, 0.2) is 18.2 Å². The third-order valence-electron chi connectivity index (χ3n) is 3.45. The zero-order chi connectivity index (χ0) is 14.5. The van der Waals surface area contributed by atoms with E-state index in [2.05, 4.69) is 10.9 Å². The lowest BCUT2D eigenvalue weighted by Crippen LogP contribution is -2.45. The van der Waals surface area contributed by atoms with E-state index in [0.717, 1.165) is 25.7 Å². The van der Waals surface area contributed by atoms with Crippen molar-refractivity contribution >= 4 is 35.0 Å². The first-order valence-electron chi connectivity index (χ1n) is 6.63. The van der Waals surface area contributed by atoms with Gasteiger partial charge in [-0.25, -0.2) is 0 Å². The van der Waals surface area contributed by atoms with Gasteiger partial charge >= 0.3 is 0 Å². The standard InChI is InChI=1S/C14H16Cl2N2O2/c15-10-6-7-12(16)11(8-10)14(20)18-17-13(19)9-4-2-1-3-5-9/h6-9H,1-5H2,(H,17,19)(H,18,20). The van der Waals surface area contributed by atoms with E-state index in [-0.39, 0.29) is 17.4 Å². The Morgan fingerprint density at radius 1 is 1.05 bits per heavy atom. The van der Waals surface area contributed by atoms with Crippen LogP contribution in [0.1, 0.15) is 42.5 Å². The van der Waals surface area contributed by atoms with E-state index in [1.807, 2.05) is 0 Å². The Balaban J connectivity index is 1.91. The number of hydrogen-bond donors (Lipinski definition) is 2. The summed E-state index contributed by atoms with van der Waals surface area (Å²) in [4.78, 5) is 23.8. The quantitative estimate of drug-likeness (QED) is 0.823. The molecule has 1 aliphatic rings. The first-order valence-corrected chi connectivity index (χ1v) is 7.39. The summed E-state index contributed by atoms with van der Waals surface area (Å²) in [5.41, 5.74) is 5.08. The highest BCUT2D eigenvalue weighted by atomic mass is 35.5. The van der Waals surface area contributed by atoms with Gasteiger partial charge in [0.1, 0.15) is 0 Å². The SMILES string of the molecule is O=C(NNC(=O)C1CCCCC1)c1cc(Cl)ccc1Cl. The molecule has 0 heterocycles. The molecular formula is C14H16Cl2N2O2. The summed E-state index contributed by atoms with van der Waals surface area (Å²) >= 11 is 11.7. The normalized spacial score (nSPS) is 15.7. The molecule has 1 saturated carbocycles. The van der Waals surface area contributed by atoms with Gasteiger partial charge in [0.2, 0.25) is 5.91 Å². The molecule has 0 aromatic heterocycles. The fourth-order valence-corrected chi connectivity index (χ4v) is 2.70. The molecule has 2 rings (SSSR count). The predicted octanol–water partition coefficient (Wildman–Crippen LogP) is 3.33. The maximum Gasteiger partial charge on any atom is 0.271 e. The summed E-state index contributed by atoms with van der Waals surface area (Å²) in [6.07, 6.45) is 5.05. The average Bonchev–Trinajstić information content (AvgIpc) is 2.47. The lowest BCUT2D eigenvalue weighted by Gasteiger charge is -2.20. The Kier molecular flexibility index (Phi) is 5.26. The van der Waals surface area contributed by atoms with Gasteiger partial charge in [0.15, 0.2) is 0 Å². The molecule has 1 aromatic carbocycles. The Bertz CT molecular complexity index is 514. The molecule has 1 aromatic rings. The van der Waals surface area contributed by atoms with Crippen LogP contribution in [0.3, 0.4) is 0 Å². The highest BCUT2D eigenvalue weighted by Crippen LogP contribution is 2.23. The maximum atomic E-state index is 11.9. The molecule has 1 aliphatic carbocycles. The number of benzene rings is 1. The van der Waals surface area contributed by atoms with Gasteiger partial charge in [-0.2, -0.15) is 0 Å². The first-order chi connectivity index (χ1) is 9.58. The predicted molar refractivity (Wildman–Crippen MR) is 78.6 cm³/mol. The van der Waals surface area contributed by atoms with E-state index in [1.165, 1.54) is 12.5 Å². The molecule has 1 fully saturated rings. The number of nitrogens with one attached hydrogen (secondary N) is 2. The third kappa shape index (κ3) is 3.87. The average molecular weight is 315 g/mol. The molecule has 0 unspecified atom stereocenters. The van der Waals surface area contributed by atoms with Gasteiger partial charge in [-0.05, 0) is 31.0 Å². The zero-order valence-electron chi connectivity index (χ0n) is 10.9. The number of carbonyl (C=O) groups is 2. The third-order valence-corrected chi connectivity index (χ3v) is 4.01. The van der Waals surface area contributed by atoms with Crippen molar-refractivity contribution in [3.05, 3.63) is 33.8 Å². The Labute approximate surface area is 127 Å². The van der Waals surface area contributed by atoms with Crippen molar-refractivity contribution in [3.8, 4) is 0 Å². The molecule has 0 atom stereocenters. The van der Waals surface area contributed by atoms with Gasteiger partial charge in [0, 0.05) is 10.9 Å². The Hall–Kier alpha value is -1.26. The largest absolute Gasteiger partial charge is 0.273 e. The van der Waals surface area contributed by atoms with Gasteiger partial charge in [-0.1, -0.05) is 42.5 Å². The van der Waals surface area contributed by atoms with Crippen LogP contribution in [0.4, 0.5) is 0 Å². The Morgan fingerprint density at radius 2 is 1.75 bits per heavy atom. The van der Waals surface area contributed by atoms with E-state index < -0.39 is 5.91 Å². The van der Waals surface area contributed by atoms with Crippen LogP contribution in [0.2, 0.25) is 10.0 Å². The summed E-state index contributed by atoms with van der Waals surface area (Å²) in [6, 6.07) is 4.61. The van der Waals surface area contributed by atoms with Crippen LogP contribution in [-0.2, 0) is 4.79 Å². The minimum absolute atomic E-state index is 0.0149. The van der Waals surface area contributed by atoms with Crippen LogP contribution >= 0.6 is 23.2 Å². The van der Waals surface area contributed by atoms with E-state index in [9.17, 15) is 9.59 Å². The van der Waals surface area contributed by atoms with Crippen LogP contribution in [0.5, 0.6) is 0 Å². The second-order valence-corrected chi connectivity index (χ2v) is 5.75. The number of amides is 2. The second kappa shape index (κ2) is 6.95. The van der Waals surface area contributed by atoms with Crippen molar-refractivity contribution < 1.29 is 9.59 Å². The van der Waals surface area contributed by atoms with E-state index in [0.29, 0.717) is 10.0 Å². The summed E-state index contributed by atoms with van der Waals surface area (Å²) in [5.74, 6) is -0.628. The van der Waals surface area contributed by atoms with Crippen molar-refractivity contribution in [1.82, 2.24) is 10.9 Å². The van der Waals surface area contributed by atoms with Gasteiger partial charge in [-0.15, -0.1) is 0 Å². The van der Waals surface area contributed by atoms with Crippen LogP contribution in [0, 0.1) is 5.92 Å². The maximum absolute atomic E-state index is 11.9.